The number of piperazine rings is 2. The highest BCUT2D eigenvalue weighted by atomic mass is 16.5. The summed E-state index contributed by atoms with van der Waals surface area (Å²) in [5.41, 5.74) is 22.2. The quantitative estimate of drug-likeness (QED) is 0.0340. The Kier molecular flexibility index (Phi) is 20.9. The molecule has 2 aliphatic heterocycles. The van der Waals surface area contributed by atoms with Gasteiger partial charge in [0.05, 0.1) is 68.9 Å². The number of aromatic nitrogens is 10. The van der Waals surface area contributed by atoms with Crippen molar-refractivity contribution < 1.29 is 23.8 Å². The van der Waals surface area contributed by atoms with Crippen molar-refractivity contribution in [3.63, 3.8) is 0 Å². The van der Waals surface area contributed by atoms with Crippen molar-refractivity contribution in [3.8, 4) is 12.3 Å². The Morgan fingerprint density at radius 1 is 0.784 bits per heavy atom. The number of H-pyrrole nitrogens is 1. The van der Waals surface area contributed by atoms with Crippen LogP contribution in [0.4, 0.5) is 17.8 Å². The van der Waals surface area contributed by atoms with Crippen molar-refractivity contribution in [3.05, 3.63) is 59.8 Å². The maximum atomic E-state index is 14.7. The van der Waals surface area contributed by atoms with E-state index in [1.807, 2.05) is 40.4 Å². The highest BCUT2D eigenvalue weighted by molar-refractivity contribution is 5.83. The maximum Gasteiger partial charge on any atom is 0.248 e. The van der Waals surface area contributed by atoms with E-state index in [4.69, 9.17) is 52.8 Å². The third kappa shape index (κ3) is 15.2. The second-order valence-electron chi connectivity index (χ2n) is 19.6. The summed E-state index contributed by atoms with van der Waals surface area (Å²) in [7, 11) is 0. The van der Waals surface area contributed by atoms with Crippen molar-refractivity contribution in [2.45, 2.75) is 90.4 Å². The summed E-state index contributed by atoms with van der Waals surface area (Å²) >= 11 is 0. The van der Waals surface area contributed by atoms with Gasteiger partial charge in [-0.2, -0.15) is 15.0 Å². The molecule has 0 saturated carbocycles. The first-order chi connectivity index (χ1) is 36.0. The summed E-state index contributed by atoms with van der Waals surface area (Å²) in [5.74, 6) is 4.30. The third-order valence-corrected chi connectivity index (χ3v) is 13.7. The molecule has 1 unspecified atom stereocenters. The number of nitrogens with zero attached hydrogens (tertiary/aromatic N) is 13. The molecule has 2 fully saturated rings. The van der Waals surface area contributed by atoms with Gasteiger partial charge in [0.25, 0.3) is 0 Å². The van der Waals surface area contributed by atoms with E-state index < -0.39 is 12.1 Å². The van der Waals surface area contributed by atoms with Crippen LogP contribution in [0.15, 0.2) is 42.7 Å². The first-order valence-corrected chi connectivity index (χ1v) is 26.3. The number of fused-ring (bicyclic) bond motifs is 1. The molecule has 0 radical (unpaired) electrons. The van der Waals surface area contributed by atoms with Crippen molar-refractivity contribution >= 4 is 40.6 Å². The van der Waals surface area contributed by atoms with Gasteiger partial charge in [0, 0.05) is 76.5 Å². The Hall–Kier alpha value is -6.29. The Bertz CT molecular complexity index is 2510. The van der Waals surface area contributed by atoms with Crippen LogP contribution in [0, 0.1) is 24.2 Å². The third-order valence-electron chi connectivity index (χ3n) is 13.7. The van der Waals surface area contributed by atoms with Gasteiger partial charge in [0.15, 0.2) is 0 Å². The van der Waals surface area contributed by atoms with Gasteiger partial charge in [-0.25, -0.2) is 9.36 Å². The highest BCUT2D eigenvalue weighted by Gasteiger charge is 2.34. The molecule has 4 aromatic heterocycles. The van der Waals surface area contributed by atoms with Crippen molar-refractivity contribution in [2.75, 3.05) is 120 Å². The minimum atomic E-state index is -0.658. The zero-order valence-corrected chi connectivity index (χ0v) is 43.7. The molecule has 0 aliphatic carbocycles. The molecule has 2 saturated heterocycles. The molecule has 0 spiro atoms. The van der Waals surface area contributed by atoms with E-state index in [2.05, 4.69) is 86.5 Å². The molecular weight excluding hydrogens is 945 g/mol. The molecule has 0 bridgehead atoms. The number of hydrogen-bond donors (Lipinski definition) is 5. The molecule has 23 heteroatoms. The first-order valence-electron chi connectivity index (χ1n) is 26.3. The predicted octanol–water partition coefficient (Wildman–Crippen LogP) is 2.87. The summed E-state index contributed by atoms with van der Waals surface area (Å²) in [6.07, 6.45) is 13.1. The molecule has 2 aliphatic rings. The van der Waals surface area contributed by atoms with Crippen molar-refractivity contribution in [1.82, 2.24) is 59.7 Å². The Morgan fingerprint density at radius 2 is 1.38 bits per heavy atom. The Morgan fingerprint density at radius 3 is 2.00 bits per heavy atom. The number of para-hydroxylation sites is 1. The van der Waals surface area contributed by atoms with Crippen molar-refractivity contribution in [2.24, 2.45) is 29.0 Å². The summed E-state index contributed by atoms with van der Waals surface area (Å²) in [4.78, 5) is 55.2. The zero-order chi connectivity index (χ0) is 52.4. The van der Waals surface area contributed by atoms with Gasteiger partial charge in [-0.05, 0) is 61.6 Å². The zero-order valence-electron chi connectivity index (χ0n) is 43.7. The maximum absolute atomic E-state index is 14.7. The molecule has 402 valence electrons. The van der Waals surface area contributed by atoms with Crippen LogP contribution < -0.4 is 32.3 Å². The molecule has 6 heterocycles. The topological polar surface area (TPSA) is 281 Å². The van der Waals surface area contributed by atoms with Crippen LogP contribution in [-0.2, 0) is 30.2 Å². The number of carbonyl (C=O) groups is 2. The number of carbonyl (C=O) groups excluding carboxylic acids is 2. The van der Waals surface area contributed by atoms with E-state index in [1.165, 1.54) is 0 Å². The lowest BCUT2D eigenvalue weighted by molar-refractivity contribution is -0.136. The van der Waals surface area contributed by atoms with Gasteiger partial charge in [0.2, 0.25) is 29.7 Å². The number of rotatable bonds is 29. The lowest BCUT2D eigenvalue weighted by atomic mass is 9.98. The molecule has 5 atom stereocenters. The highest BCUT2D eigenvalue weighted by Crippen LogP contribution is 2.27. The monoisotopic (exact) mass is 1020 g/mol. The van der Waals surface area contributed by atoms with Gasteiger partial charge in [-0.1, -0.05) is 68.7 Å². The summed E-state index contributed by atoms with van der Waals surface area (Å²) < 4.78 is 20.0. The van der Waals surface area contributed by atoms with Crippen LogP contribution in [0.1, 0.15) is 101 Å². The molecule has 23 nitrogen and oxygen atoms in total. The number of anilines is 3. The summed E-state index contributed by atoms with van der Waals surface area (Å²) in [6, 6.07) is 8.40. The second-order valence-corrected chi connectivity index (χ2v) is 19.6. The number of aromatic amines is 1. The van der Waals surface area contributed by atoms with Gasteiger partial charge in [-0.15, -0.1) is 16.6 Å². The first kappa shape index (κ1) is 55.5. The predicted molar refractivity (Wildman–Crippen MR) is 283 cm³/mol. The molecule has 74 heavy (non-hydrogen) atoms. The largest absolute Gasteiger partial charge is 0.377 e. The fourth-order valence-electron chi connectivity index (χ4n) is 9.18. The molecule has 5 aromatic rings. The number of nitrogens with one attached hydrogen (secondary N) is 2. The number of ether oxygens (including phenoxy) is 3. The minimum absolute atomic E-state index is 0.0215. The number of unbranched alkanes of at least 4 members (excludes halogenated alkanes) is 1. The number of amides is 2. The molecule has 7 rings (SSSR count). The fraction of sp³-hybridized carbons (Fsp3) is 0.627. The average Bonchev–Trinajstić information content (AvgIpc) is 4.21. The number of nitrogens with two attached hydrogens (primary N) is 3. The average molecular weight is 1020 g/mol. The lowest BCUT2D eigenvalue weighted by Crippen LogP contribution is -2.52. The Labute approximate surface area is 434 Å². The van der Waals surface area contributed by atoms with Gasteiger partial charge >= 0.3 is 0 Å². The van der Waals surface area contributed by atoms with Crippen LogP contribution in [0.3, 0.4) is 0 Å². The second kappa shape index (κ2) is 27.8. The van der Waals surface area contributed by atoms with E-state index in [-0.39, 0.29) is 36.4 Å². The van der Waals surface area contributed by atoms with Crippen LogP contribution in [0.2, 0.25) is 0 Å². The standard InChI is InChI=1S/C51H78N18O5/c1-6-25-72-27-29-74-30-28-73-26-16-55-49-57-50(66-21-17-64(18-22-66)47(70)44(14-10-11-15-52)68-34-42(60-62-68)40(53)31-36(3)4)59-51(58-49)67-23-19-65(20-24-67)48(71)45(33-39-32-38-12-8-9-13-41(38)56-39)69-35-43(61-63-69)46(54)37(5)7-2/h1,8-9,12-13,32,34-37,40,44-46,56H,7,10-11,14-31,33,52-54H2,2-5H3,(H,55,57,58,59)/t37?,40-,44-,45+,46-/m0/s1. The normalized spacial score (nSPS) is 16.4. The number of benzene rings is 1. The van der Waals surface area contributed by atoms with E-state index in [0.29, 0.717) is 146 Å². The SMILES string of the molecule is C#CCOCCOCCOCCNc1nc(N2CCN(C(=O)[C@@H](Cc3cc4ccccc4[nH]3)n3cc([C@@H](N)C(C)CC)nn3)CC2)nc(N2CCN(C(=O)[C@H](CCCCN)n3cc([C@@H](N)CC(C)C)nn3)CC2)n1. The van der Waals surface area contributed by atoms with E-state index in [0.717, 1.165) is 42.3 Å². The van der Waals surface area contributed by atoms with Crippen LogP contribution in [0.25, 0.3) is 10.9 Å². The smallest absolute Gasteiger partial charge is 0.248 e. The molecule has 1 aromatic carbocycles. The molecular formula is C51H78N18O5. The van der Waals surface area contributed by atoms with Gasteiger partial charge < -0.3 is 61.3 Å². The summed E-state index contributed by atoms with van der Waals surface area (Å²) in [5, 5.41) is 22.1. The lowest BCUT2D eigenvalue weighted by Gasteiger charge is -2.38. The summed E-state index contributed by atoms with van der Waals surface area (Å²) in [6.45, 7) is 15.4. The van der Waals surface area contributed by atoms with Crippen LogP contribution >= 0.6 is 0 Å². The van der Waals surface area contributed by atoms with Gasteiger partial charge in [0.1, 0.15) is 18.7 Å². The van der Waals surface area contributed by atoms with E-state index in [1.54, 1.807) is 9.36 Å². The van der Waals surface area contributed by atoms with E-state index >= 15 is 0 Å². The Balaban J connectivity index is 1.04. The molecule has 2 amide bonds. The van der Waals surface area contributed by atoms with Crippen LogP contribution in [-0.4, -0.2) is 177 Å². The number of terminal acetylenes is 1. The van der Waals surface area contributed by atoms with E-state index in [9.17, 15) is 9.59 Å². The fourth-order valence-corrected chi connectivity index (χ4v) is 9.18. The van der Waals surface area contributed by atoms with Crippen LogP contribution in [0.5, 0.6) is 0 Å². The molecule has 8 N–H and O–H groups in total. The number of hydrogen-bond acceptors (Lipinski definition) is 18. The minimum Gasteiger partial charge on any atom is -0.377 e. The van der Waals surface area contributed by atoms with Crippen molar-refractivity contribution in [1.29, 1.82) is 0 Å². The van der Waals surface area contributed by atoms with Gasteiger partial charge in [-0.3, -0.25) is 9.59 Å².